The normalized spacial score (nSPS) is 11.3. The summed E-state index contributed by atoms with van der Waals surface area (Å²) in [6.07, 6.45) is -0.959. The minimum Gasteiger partial charge on any atom is -0.497 e. The van der Waals surface area contributed by atoms with E-state index in [2.05, 4.69) is 0 Å². The van der Waals surface area contributed by atoms with Gasteiger partial charge >= 0.3 is 5.97 Å². The highest BCUT2D eigenvalue weighted by molar-refractivity contribution is 6.00. The first kappa shape index (κ1) is 21.1. The number of benzene rings is 2. The van der Waals surface area contributed by atoms with Crippen molar-refractivity contribution >= 4 is 11.8 Å². The third kappa shape index (κ3) is 4.94. The van der Waals surface area contributed by atoms with Gasteiger partial charge in [0.15, 0.2) is 17.6 Å². The van der Waals surface area contributed by atoms with E-state index in [0.717, 1.165) is 0 Å². The van der Waals surface area contributed by atoms with Gasteiger partial charge in [-0.3, -0.25) is 9.59 Å². The molecule has 0 aliphatic heterocycles. The van der Waals surface area contributed by atoms with Crippen LogP contribution >= 0.6 is 0 Å². The number of ether oxygens (including phenoxy) is 5. The summed E-state index contributed by atoms with van der Waals surface area (Å²) in [4.78, 5) is 24.7. The Bertz CT molecular complexity index is 802. The van der Waals surface area contributed by atoms with Gasteiger partial charge in [0.1, 0.15) is 5.75 Å². The van der Waals surface area contributed by atoms with Crippen LogP contribution in [-0.4, -0.2) is 46.3 Å². The summed E-state index contributed by atoms with van der Waals surface area (Å²) in [5, 5.41) is 0. The van der Waals surface area contributed by atoms with Crippen molar-refractivity contribution in [2.24, 2.45) is 0 Å². The highest BCUT2D eigenvalue weighted by Gasteiger charge is 2.21. The molecule has 0 N–H and O–H groups in total. The molecule has 0 aromatic heterocycles. The Morgan fingerprint density at radius 2 is 1.43 bits per heavy atom. The average molecular weight is 388 g/mol. The molecule has 2 rings (SSSR count). The van der Waals surface area contributed by atoms with Crippen LogP contribution in [0.5, 0.6) is 23.0 Å². The second-order valence-corrected chi connectivity index (χ2v) is 5.94. The second-order valence-electron chi connectivity index (χ2n) is 5.94. The molecule has 0 bridgehead atoms. The van der Waals surface area contributed by atoms with Gasteiger partial charge in [-0.05, 0) is 48.9 Å². The smallest absolute Gasteiger partial charge is 0.310 e. The zero-order valence-electron chi connectivity index (χ0n) is 16.6. The molecule has 1 atom stereocenters. The summed E-state index contributed by atoms with van der Waals surface area (Å²) in [7, 11) is 6.04. The number of hydrogen-bond acceptors (Lipinski definition) is 7. The lowest BCUT2D eigenvalue weighted by Crippen LogP contribution is -2.25. The third-order valence-corrected chi connectivity index (χ3v) is 4.12. The van der Waals surface area contributed by atoms with Crippen LogP contribution in [-0.2, 0) is 16.0 Å². The first-order valence-electron chi connectivity index (χ1n) is 8.60. The van der Waals surface area contributed by atoms with E-state index >= 15 is 0 Å². The number of rotatable bonds is 9. The first-order valence-corrected chi connectivity index (χ1v) is 8.60. The highest BCUT2D eigenvalue weighted by Crippen LogP contribution is 2.38. The lowest BCUT2D eigenvalue weighted by molar-refractivity contribution is -0.145. The Labute approximate surface area is 164 Å². The molecule has 0 saturated heterocycles. The maximum Gasteiger partial charge on any atom is 0.310 e. The van der Waals surface area contributed by atoms with Crippen LogP contribution in [0.4, 0.5) is 0 Å². The average Bonchev–Trinajstić information content (AvgIpc) is 2.72. The molecule has 0 spiro atoms. The molecule has 0 saturated carbocycles. The van der Waals surface area contributed by atoms with Crippen molar-refractivity contribution in [3.63, 3.8) is 0 Å². The van der Waals surface area contributed by atoms with Crippen molar-refractivity contribution in [2.45, 2.75) is 19.4 Å². The molecule has 7 heteroatoms. The minimum absolute atomic E-state index is 0.0447. The van der Waals surface area contributed by atoms with E-state index in [1.165, 1.54) is 21.3 Å². The third-order valence-electron chi connectivity index (χ3n) is 4.12. The summed E-state index contributed by atoms with van der Waals surface area (Å²) in [5.74, 6) is 1.12. The topological polar surface area (TPSA) is 80.3 Å². The number of esters is 1. The van der Waals surface area contributed by atoms with Crippen LogP contribution in [0.2, 0.25) is 0 Å². The Kier molecular flexibility index (Phi) is 7.26. The molecule has 28 heavy (non-hydrogen) atoms. The fourth-order valence-electron chi connectivity index (χ4n) is 2.69. The van der Waals surface area contributed by atoms with Crippen molar-refractivity contribution in [1.29, 1.82) is 0 Å². The van der Waals surface area contributed by atoms with E-state index in [4.69, 9.17) is 23.7 Å². The van der Waals surface area contributed by atoms with Gasteiger partial charge in [0.2, 0.25) is 11.5 Å². The van der Waals surface area contributed by atoms with E-state index in [0.29, 0.717) is 34.1 Å². The van der Waals surface area contributed by atoms with Crippen molar-refractivity contribution in [3.8, 4) is 23.0 Å². The van der Waals surface area contributed by atoms with Crippen LogP contribution in [0.3, 0.4) is 0 Å². The Balaban J connectivity index is 2.07. The van der Waals surface area contributed by atoms with Crippen molar-refractivity contribution in [1.82, 2.24) is 0 Å². The number of carbonyl (C=O) groups excluding carboxylic acids is 2. The van der Waals surface area contributed by atoms with Gasteiger partial charge in [-0.25, -0.2) is 0 Å². The number of Topliss-reactive ketones (excluding diaryl/α,β-unsaturated/α-hetero) is 1. The molecule has 0 unspecified atom stereocenters. The lowest BCUT2D eigenvalue weighted by atomic mass is 10.1. The molecule has 0 aliphatic carbocycles. The predicted octanol–water partition coefficient (Wildman–Crippen LogP) is 3.08. The zero-order valence-corrected chi connectivity index (χ0v) is 16.6. The van der Waals surface area contributed by atoms with Gasteiger partial charge in [-0.15, -0.1) is 0 Å². The molecular formula is C21H24O7. The highest BCUT2D eigenvalue weighted by atomic mass is 16.5. The van der Waals surface area contributed by atoms with E-state index in [1.807, 2.05) is 0 Å². The second kappa shape index (κ2) is 9.64. The predicted molar refractivity (Wildman–Crippen MR) is 103 cm³/mol. The summed E-state index contributed by atoms with van der Waals surface area (Å²) in [6, 6.07) is 9.95. The fourth-order valence-corrected chi connectivity index (χ4v) is 2.69. The van der Waals surface area contributed by atoms with Crippen LogP contribution in [0.25, 0.3) is 0 Å². The SMILES string of the molecule is COc1ccc(C(=O)[C@@H](C)OC(=O)Cc2cc(OC)c(OC)c(OC)c2)cc1. The molecule has 0 radical (unpaired) electrons. The van der Waals surface area contributed by atoms with Crippen molar-refractivity contribution < 1.29 is 33.3 Å². The molecule has 0 fully saturated rings. The van der Waals surface area contributed by atoms with Gasteiger partial charge in [-0.2, -0.15) is 0 Å². The lowest BCUT2D eigenvalue weighted by Gasteiger charge is -2.15. The van der Waals surface area contributed by atoms with Crippen LogP contribution in [0.15, 0.2) is 36.4 Å². The summed E-state index contributed by atoms with van der Waals surface area (Å²) in [6.45, 7) is 1.54. The zero-order chi connectivity index (χ0) is 20.7. The van der Waals surface area contributed by atoms with Gasteiger partial charge in [0.25, 0.3) is 0 Å². The number of methoxy groups -OCH3 is 4. The maximum atomic E-state index is 12.4. The monoisotopic (exact) mass is 388 g/mol. The minimum atomic E-state index is -0.914. The van der Waals surface area contributed by atoms with Gasteiger partial charge in [0, 0.05) is 5.56 Å². The van der Waals surface area contributed by atoms with Gasteiger partial charge in [0.05, 0.1) is 34.9 Å². The Hall–Kier alpha value is -3.22. The van der Waals surface area contributed by atoms with E-state index in [9.17, 15) is 9.59 Å². The van der Waals surface area contributed by atoms with Crippen molar-refractivity contribution in [2.75, 3.05) is 28.4 Å². The standard InChI is InChI=1S/C21H24O7/c1-13(20(23)15-6-8-16(24-2)9-7-15)28-19(22)12-14-10-17(25-3)21(27-5)18(11-14)26-4/h6-11,13H,12H2,1-5H3/t13-/m1/s1. The number of ketones is 1. The van der Waals surface area contributed by atoms with E-state index < -0.39 is 12.1 Å². The van der Waals surface area contributed by atoms with E-state index in [-0.39, 0.29) is 12.2 Å². The molecule has 2 aromatic rings. The van der Waals surface area contributed by atoms with Crippen LogP contribution in [0, 0.1) is 0 Å². The van der Waals surface area contributed by atoms with E-state index in [1.54, 1.807) is 50.4 Å². The molecule has 2 aromatic carbocycles. The number of hydrogen-bond donors (Lipinski definition) is 0. The molecule has 0 heterocycles. The summed E-state index contributed by atoms with van der Waals surface area (Å²) < 4.78 is 26.2. The number of carbonyl (C=O) groups is 2. The molecule has 7 nitrogen and oxygen atoms in total. The maximum absolute atomic E-state index is 12.4. The summed E-state index contributed by atoms with van der Waals surface area (Å²) >= 11 is 0. The molecule has 0 amide bonds. The molecular weight excluding hydrogens is 364 g/mol. The molecule has 150 valence electrons. The van der Waals surface area contributed by atoms with Gasteiger partial charge in [-0.1, -0.05) is 0 Å². The Morgan fingerprint density at radius 3 is 1.89 bits per heavy atom. The largest absolute Gasteiger partial charge is 0.497 e. The summed E-state index contributed by atoms with van der Waals surface area (Å²) in [5.41, 5.74) is 1.05. The first-order chi connectivity index (χ1) is 13.4. The Morgan fingerprint density at radius 1 is 0.857 bits per heavy atom. The fraction of sp³-hybridized carbons (Fsp3) is 0.333. The van der Waals surface area contributed by atoms with Crippen molar-refractivity contribution in [3.05, 3.63) is 47.5 Å². The quantitative estimate of drug-likeness (QED) is 0.482. The van der Waals surface area contributed by atoms with Crippen LogP contribution in [0.1, 0.15) is 22.8 Å². The van der Waals surface area contributed by atoms with Crippen LogP contribution < -0.4 is 18.9 Å². The van der Waals surface area contributed by atoms with Gasteiger partial charge < -0.3 is 23.7 Å². The molecule has 0 aliphatic rings.